The molecule has 41 heavy (non-hydrogen) atoms. The molecule has 1 amide bonds. The van der Waals surface area contributed by atoms with E-state index in [2.05, 4.69) is 15.3 Å². The summed E-state index contributed by atoms with van der Waals surface area (Å²) in [6, 6.07) is 18.6. The molecule has 0 unspecified atom stereocenters. The molecule has 0 aliphatic carbocycles. The normalized spacial score (nSPS) is 11.9. The molecule has 1 heterocycles. The van der Waals surface area contributed by atoms with E-state index in [1.54, 1.807) is 54.6 Å². The number of nitrogens with one attached hydrogen (secondary N) is 1. The van der Waals surface area contributed by atoms with Crippen molar-refractivity contribution in [2.75, 3.05) is 30.7 Å². The number of fused-ring (bicyclic) bond motifs is 2. The first-order valence-corrected chi connectivity index (χ1v) is 15.9. The minimum atomic E-state index is -3.89. The number of azide groups is 1. The summed E-state index contributed by atoms with van der Waals surface area (Å²) in [5.41, 5.74) is 10.6. The van der Waals surface area contributed by atoms with Crippen LogP contribution >= 0.6 is 22.6 Å². The number of halogens is 1. The molecule has 0 atom stereocenters. The topological polar surface area (TPSA) is 143 Å². The maximum absolute atomic E-state index is 13.7. The van der Waals surface area contributed by atoms with Crippen molar-refractivity contribution in [3.05, 3.63) is 103 Å². The second-order valence-corrected chi connectivity index (χ2v) is 11.7. The molecule has 0 saturated carbocycles. The number of hydrogen-bond donors (Lipinski definition) is 1. The minimum Gasteiger partial charge on any atom is -0.379 e. The summed E-state index contributed by atoms with van der Waals surface area (Å²) in [4.78, 5) is 28.6. The van der Waals surface area contributed by atoms with E-state index < -0.39 is 9.84 Å². The molecule has 10 nitrogen and oxygen atoms in total. The van der Waals surface area contributed by atoms with Gasteiger partial charge in [0.25, 0.3) is 5.91 Å². The van der Waals surface area contributed by atoms with Gasteiger partial charge in [-0.2, -0.15) is 0 Å². The molecule has 212 valence electrons. The maximum Gasteiger partial charge on any atom is 0.251 e. The molecule has 4 aromatic rings. The van der Waals surface area contributed by atoms with Gasteiger partial charge in [0, 0.05) is 45.3 Å². The van der Waals surface area contributed by atoms with Gasteiger partial charge in [-0.25, -0.2) is 8.42 Å². The Morgan fingerprint density at radius 2 is 1.80 bits per heavy atom. The van der Waals surface area contributed by atoms with Crippen molar-refractivity contribution in [3.63, 3.8) is 0 Å². The number of sulfone groups is 1. The number of amides is 1. The summed E-state index contributed by atoms with van der Waals surface area (Å²) in [6.07, 6.45) is 1.58. The molecule has 1 aromatic heterocycles. The maximum atomic E-state index is 13.7. The van der Waals surface area contributed by atoms with E-state index in [1.807, 2.05) is 46.2 Å². The zero-order valence-electron chi connectivity index (χ0n) is 22.3. The number of rotatable bonds is 12. The van der Waals surface area contributed by atoms with Gasteiger partial charge in [0.05, 0.1) is 34.0 Å². The van der Waals surface area contributed by atoms with Crippen molar-refractivity contribution in [2.45, 2.75) is 18.4 Å². The number of aromatic nitrogens is 1. The lowest BCUT2D eigenvalue weighted by Gasteiger charge is -2.14. The molecule has 0 spiro atoms. The van der Waals surface area contributed by atoms with Crippen molar-refractivity contribution in [1.82, 2.24) is 9.88 Å². The number of nitrogens with zero attached hydrogens (tertiary/aromatic N) is 4. The number of alkyl halides is 1. The van der Waals surface area contributed by atoms with Gasteiger partial charge in [0.15, 0.2) is 5.43 Å². The molecular formula is C29H28IN5O5S. The molecule has 0 bridgehead atoms. The van der Waals surface area contributed by atoms with Crippen LogP contribution in [0.25, 0.3) is 38.3 Å². The standard InChI is InChI=1S/C29H28IN5O5S/c1-2-35-26-6-4-3-5-24(26)28(36)25-18-22(11-12-27(25)35)41(38,39)23(19-30)17-20-7-9-21(10-8-20)29(37)32-13-15-40-16-14-33-34-31/h3-12,17-18H,2,13-16,19H2,1H3,(H,32,37)/b23-17+. The number of hydrogen-bond acceptors (Lipinski definition) is 6. The quantitative estimate of drug-likeness (QED) is 0.0400. The van der Waals surface area contributed by atoms with Crippen LogP contribution in [0.5, 0.6) is 0 Å². The van der Waals surface area contributed by atoms with Crippen LogP contribution in [-0.2, 0) is 21.1 Å². The molecule has 0 saturated heterocycles. The minimum absolute atomic E-state index is 0.0561. The fourth-order valence-corrected chi connectivity index (χ4v) is 7.17. The predicted molar refractivity (Wildman–Crippen MR) is 169 cm³/mol. The highest BCUT2D eigenvalue weighted by Gasteiger charge is 2.22. The number of carbonyl (C=O) groups excluding carboxylic acids is 1. The molecule has 0 aliphatic rings. The first kappa shape index (κ1) is 30.3. The van der Waals surface area contributed by atoms with Crippen molar-refractivity contribution in [1.29, 1.82) is 0 Å². The van der Waals surface area contributed by atoms with Gasteiger partial charge in [-0.15, -0.1) is 0 Å². The van der Waals surface area contributed by atoms with Gasteiger partial charge in [0.1, 0.15) is 0 Å². The Morgan fingerprint density at radius 1 is 1.07 bits per heavy atom. The molecule has 1 N–H and O–H groups in total. The first-order chi connectivity index (χ1) is 19.8. The Balaban J connectivity index is 1.56. The van der Waals surface area contributed by atoms with Crippen LogP contribution in [0.4, 0.5) is 0 Å². The molecule has 0 radical (unpaired) electrons. The predicted octanol–water partition coefficient (Wildman–Crippen LogP) is 5.48. The van der Waals surface area contributed by atoms with Crippen LogP contribution in [0.15, 0.2) is 86.4 Å². The van der Waals surface area contributed by atoms with Crippen molar-refractivity contribution in [3.8, 4) is 0 Å². The Labute approximate surface area is 250 Å². The molecule has 4 rings (SSSR count). The summed E-state index contributed by atoms with van der Waals surface area (Å²) in [7, 11) is -3.89. The van der Waals surface area contributed by atoms with Crippen molar-refractivity contribution < 1.29 is 17.9 Å². The second-order valence-electron chi connectivity index (χ2n) is 8.96. The number of ether oxygens (including phenoxy) is 1. The molecule has 3 aromatic carbocycles. The van der Waals surface area contributed by atoms with E-state index in [0.29, 0.717) is 40.5 Å². The van der Waals surface area contributed by atoms with Gasteiger partial charge < -0.3 is 14.6 Å². The SMILES string of the molecule is CCn1c2ccccc2c(=O)c2cc(S(=O)(=O)/C(=C/c3ccc(C(=O)NCCOCCN=[N+]=[N-])cc3)CI)ccc21. The third-order valence-corrected chi connectivity index (χ3v) is 9.64. The first-order valence-electron chi connectivity index (χ1n) is 12.9. The fourth-order valence-electron chi connectivity index (χ4n) is 4.46. The lowest BCUT2D eigenvalue weighted by atomic mass is 10.1. The summed E-state index contributed by atoms with van der Waals surface area (Å²) < 4.78 is 34.8. The Morgan fingerprint density at radius 3 is 2.51 bits per heavy atom. The van der Waals surface area contributed by atoms with E-state index in [0.717, 1.165) is 5.52 Å². The van der Waals surface area contributed by atoms with Gasteiger partial charge in [-0.3, -0.25) is 9.59 Å². The van der Waals surface area contributed by atoms with E-state index in [9.17, 15) is 18.0 Å². The molecule has 12 heteroatoms. The summed E-state index contributed by atoms with van der Waals surface area (Å²) in [5.74, 6) is -0.290. The lowest BCUT2D eigenvalue weighted by molar-refractivity contribution is 0.0920. The van der Waals surface area contributed by atoms with E-state index in [1.165, 1.54) is 6.07 Å². The van der Waals surface area contributed by atoms with Crippen LogP contribution in [-0.4, -0.2) is 49.6 Å². The molecule has 0 fully saturated rings. The van der Waals surface area contributed by atoms with Crippen LogP contribution in [0, 0.1) is 0 Å². The average molecular weight is 686 g/mol. The van der Waals surface area contributed by atoms with Gasteiger partial charge in [-0.05, 0) is 66.6 Å². The number of pyridine rings is 1. The van der Waals surface area contributed by atoms with Gasteiger partial charge >= 0.3 is 0 Å². The summed E-state index contributed by atoms with van der Waals surface area (Å²) in [5, 5.41) is 7.00. The highest BCUT2D eigenvalue weighted by atomic mass is 127. The third-order valence-electron chi connectivity index (χ3n) is 6.48. The van der Waals surface area contributed by atoms with Crippen LogP contribution in [0.1, 0.15) is 22.8 Å². The van der Waals surface area contributed by atoms with Crippen molar-refractivity contribution >= 4 is 66.2 Å². The van der Waals surface area contributed by atoms with Gasteiger partial charge in [-0.1, -0.05) is 52.0 Å². The van der Waals surface area contributed by atoms with E-state index in [-0.39, 0.29) is 45.3 Å². The smallest absolute Gasteiger partial charge is 0.251 e. The van der Waals surface area contributed by atoms with Crippen LogP contribution in [0.3, 0.4) is 0 Å². The Hall–Kier alpha value is -3.71. The highest BCUT2D eigenvalue weighted by molar-refractivity contribution is 14.1. The monoisotopic (exact) mass is 685 g/mol. The molecular weight excluding hydrogens is 657 g/mol. The summed E-state index contributed by atoms with van der Waals surface area (Å²) in [6.45, 7) is 3.68. The van der Waals surface area contributed by atoms with E-state index in [4.69, 9.17) is 10.3 Å². The lowest BCUT2D eigenvalue weighted by Crippen LogP contribution is -2.27. The summed E-state index contributed by atoms with van der Waals surface area (Å²) >= 11 is 2.01. The Bertz CT molecular complexity index is 1830. The van der Waals surface area contributed by atoms with E-state index >= 15 is 0 Å². The number of para-hydroxylation sites is 1. The highest BCUT2D eigenvalue weighted by Crippen LogP contribution is 2.27. The zero-order valence-corrected chi connectivity index (χ0v) is 25.3. The second kappa shape index (κ2) is 13.8. The number of carbonyl (C=O) groups is 1. The number of benzene rings is 3. The van der Waals surface area contributed by atoms with Crippen molar-refractivity contribution in [2.24, 2.45) is 5.11 Å². The molecule has 0 aliphatic heterocycles. The Kier molecular flexibility index (Phi) is 10.2. The third kappa shape index (κ3) is 6.79. The van der Waals surface area contributed by atoms with Crippen LogP contribution in [0.2, 0.25) is 0 Å². The van der Waals surface area contributed by atoms with Gasteiger partial charge in [0.2, 0.25) is 9.84 Å². The zero-order chi connectivity index (χ0) is 29.4. The fraction of sp³-hybridized carbons (Fsp3) is 0.241. The van der Waals surface area contributed by atoms with Crippen LogP contribution < -0.4 is 10.7 Å². The number of allylic oxidation sites excluding steroid dienone is 1. The average Bonchev–Trinajstić information content (AvgIpc) is 2.99. The number of aryl methyl sites for hydroxylation is 1. The largest absolute Gasteiger partial charge is 0.379 e.